The Morgan fingerprint density at radius 3 is 2.32 bits per heavy atom. The average Bonchev–Trinajstić information content (AvgIpc) is 3.37. The zero-order valence-corrected chi connectivity index (χ0v) is 21.7. The van der Waals surface area contributed by atoms with Gasteiger partial charge in [0.1, 0.15) is 11.5 Å². The molecule has 38 heavy (non-hydrogen) atoms. The second-order valence-electron chi connectivity index (χ2n) is 8.04. The lowest BCUT2D eigenvalue weighted by atomic mass is 10.0. The predicted molar refractivity (Wildman–Crippen MR) is 145 cm³/mol. The number of methoxy groups -OCH3 is 3. The minimum absolute atomic E-state index is 0.172. The predicted octanol–water partition coefficient (Wildman–Crippen LogP) is 5.77. The fourth-order valence-electron chi connectivity index (χ4n) is 3.93. The minimum Gasteiger partial charge on any atom is -0.496 e. The summed E-state index contributed by atoms with van der Waals surface area (Å²) < 4.78 is 22.7. The average molecular weight is 533 g/mol. The van der Waals surface area contributed by atoms with Gasteiger partial charge in [-0.1, -0.05) is 18.2 Å². The summed E-state index contributed by atoms with van der Waals surface area (Å²) >= 11 is 1.58. The van der Waals surface area contributed by atoms with Crippen molar-refractivity contribution in [3.05, 3.63) is 77.4 Å². The summed E-state index contributed by atoms with van der Waals surface area (Å²) in [5.41, 5.74) is 1.62. The molecule has 8 nitrogen and oxygen atoms in total. The maximum Gasteiger partial charge on any atom is 0.341 e. The van der Waals surface area contributed by atoms with Crippen molar-refractivity contribution in [2.45, 2.75) is 0 Å². The molecule has 1 N–H and O–H groups in total. The number of hydrogen-bond donors (Lipinski definition) is 1. The van der Waals surface area contributed by atoms with Crippen molar-refractivity contribution in [1.82, 2.24) is 0 Å². The first-order valence-electron chi connectivity index (χ1n) is 11.4. The van der Waals surface area contributed by atoms with Crippen LogP contribution in [0.15, 0.2) is 60.7 Å². The number of fused-ring (bicyclic) bond motifs is 1. The molecule has 0 saturated carbocycles. The molecule has 1 aromatic heterocycles. The molecule has 0 unspecified atom stereocenters. The van der Waals surface area contributed by atoms with Gasteiger partial charge in [-0.15, -0.1) is 11.3 Å². The first-order valence-corrected chi connectivity index (χ1v) is 12.2. The zero-order chi connectivity index (χ0) is 27.2. The van der Waals surface area contributed by atoms with Gasteiger partial charge in [0.2, 0.25) is 0 Å². The van der Waals surface area contributed by atoms with Gasteiger partial charge in [0.25, 0.3) is 0 Å². The third kappa shape index (κ3) is 5.52. The van der Waals surface area contributed by atoms with Gasteiger partial charge in [0.05, 0.1) is 26.9 Å². The molecule has 0 bridgehead atoms. The zero-order valence-electron chi connectivity index (χ0n) is 20.8. The number of ketones is 1. The van der Waals surface area contributed by atoms with Crippen molar-refractivity contribution in [3.63, 3.8) is 0 Å². The van der Waals surface area contributed by atoms with Crippen molar-refractivity contribution < 1.29 is 38.4 Å². The van der Waals surface area contributed by atoms with Crippen LogP contribution in [-0.4, -0.2) is 51.1 Å². The maximum atomic E-state index is 13.1. The van der Waals surface area contributed by atoms with Crippen LogP contribution in [0.5, 0.6) is 23.0 Å². The highest BCUT2D eigenvalue weighted by atomic mass is 32.1. The lowest BCUT2D eigenvalue weighted by Gasteiger charge is -2.14. The van der Waals surface area contributed by atoms with E-state index in [1.807, 2.05) is 30.3 Å². The van der Waals surface area contributed by atoms with Gasteiger partial charge in [-0.05, 0) is 47.9 Å². The molecule has 0 amide bonds. The van der Waals surface area contributed by atoms with E-state index in [0.29, 0.717) is 17.6 Å². The first kappa shape index (κ1) is 26.4. The molecule has 0 aliphatic rings. The molecule has 0 spiro atoms. The Kier molecular flexibility index (Phi) is 8.08. The van der Waals surface area contributed by atoms with E-state index >= 15 is 0 Å². The molecule has 0 aliphatic carbocycles. The Balaban J connectivity index is 1.78. The minimum atomic E-state index is -1.14. The number of allylic oxidation sites excluding steroid dienone is 1. The molecule has 4 aromatic rings. The monoisotopic (exact) mass is 532 g/mol. The summed E-state index contributed by atoms with van der Waals surface area (Å²) in [6.45, 7) is -0.571. The van der Waals surface area contributed by atoms with Gasteiger partial charge in [0.15, 0.2) is 30.2 Å². The number of benzene rings is 3. The molecular formula is C29H24O8S. The van der Waals surface area contributed by atoms with Gasteiger partial charge >= 0.3 is 5.97 Å². The smallest absolute Gasteiger partial charge is 0.341 e. The van der Waals surface area contributed by atoms with E-state index in [4.69, 9.17) is 24.1 Å². The van der Waals surface area contributed by atoms with Crippen LogP contribution in [0.2, 0.25) is 0 Å². The highest BCUT2D eigenvalue weighted by Crippen LogP contribution is 2.42. The van der Waals surface area contributed by atoms with E-state index in [1.54, 1.807) is 23.5 Å². The summed E-state index contributed by atoms with van der Waals surface area (Å²) in [5.74, 6) is -0.339. The Morgan fingerprint density at radius 1 is 0.895 bits per heavy atom. The SMILES string of the molecule is COc1cc(OCC(=O)O)c(C=CC(=O)c2cc(C=O)c(OC)c(OC)c2)cc1-c1cc2ccccc2s1. The van der Waals surface area contributed by atoms with E-state index in [0.717, 1.165) is 20.5 Å². The number of carbonyl (C=O) groups is 3. The molecular weight excluding hydrogens is 508 g/mol. The Bertz CT molecular complexity index is 1520. The van der Waals surface area contributed by atoms with Crippen molar-refractivity contribution in [2.24, 2.45) is 0 Å². The van der Waals surface area contributed by atoms with E-state index in [1.165, 1.54) is 45.6 Å². The summed E-state index contributed by atoms with van der Waals surface area (Å²) in [6, 6.07) is 16.3. The van der Waals surface area contributed by atoms with E-state index < -0.39 is 18.4 Å². The van der Waals surface area contributed by atoms with Gasteiger partial charge in [-0.3, -0.25) is 9.59 Å². The molecule has 0 atom stereocenters. The van der Waals surface area contributed by atoms with Gasteiger partial charge in [0, 0.05) is 32.3 Å². The maximum absolute atomic E-state index is 13.1. The van der Waals surface area contributed by atoms with Crippen LogP contribution < -0.4 is 18.9 Å². The van der Waals surface area contributed by atoms with Crippen molar-refractivity contribution >= 4 is 45.5 Å². The topological polar surface area (TPSA) is 108 Å². The van der Waals surface area contributed by atoms with Crippen LogP contribution in [0, 0.1) is 0 Å². The van der Waals surface area contributed by atoms with Crippen molar-refractivity contribution in [3.8, 4) is 33.4 Å². The van der Waals surface area contributed by atoms with E-state index in [9.17, 15) is 14.4 Å². The van der Waals surface area contributed by atoms with Crippen molar-refractivity contribution in [2.75, 3.05) is 27.9 Å². The Hall–Kier alpha value is -4.63. The molecule has 0 aliphatic heterocycles. The number of aldehydes is 1. The largest absolute Gasteiger partial charge is 0.496 e. The third-order valence-electron chi connectivity index (χ3n) is 5.71. The number of carbonyl (C=O) groups excluding carboxylic acids is 2. The highest BCUT2D eigenvalue weighted by Gasteiger charge is 2.17. The molecule has 194 valence electrons. The number of hydrogen-bond acceptors (Lipinski definition) is 8. The van der Waals surface area contributed by atoms with Crippen molar-refractivity contribution in [1.29, 1.82) is 0 Å². The van der Waals surface area contributed by atoms with E-state index in [2.05, 4.69) is 0 Å². The molecule has 0 radical (unpaired) electrons. The second-order valence-corrected chi connectivity index (χ2v) is 9.12. The quantitative estimate of drug-likeness (QED) is 0.147. The van der Waals surface area contributed by atoms with Crippen LogP contribution in [-0.2, 0) is 4.79 Å². The number of carboxylic acids is 1. The number of thiophene rings is 1. The molecule has 1 heterocycles. The fourth-order valence-corrected chi connectivity index (χ4v) is 5.02. The lowest BCUT2D eigenvalue weighted by molar-refractivity contribution is -0.139. The molecule has 4 rings (SSSR count). The third-order valence-corrected chi connectivity index (χ3v) is 6.86. The normalized spacial score (nSPS) is 10.9. The number of carboxylic acid groups (broad SMARTS) is 1. The summed E-state index contributed by atoms with van der Waals surface area (Å²) in [6.07, 6.45) is 3.44. The van der Waals surface area contributed by atoms with Crippen LogP contribution >= 0.6 is 11.3 Å². The van der Waals surface area contributed by atoms with Gasteiger partial charge in [-0.2, -0.15) is 0 Å². The summed E-state index contributed by atoms with van der Waals surface area (Å²) in [5, 5.41) is 10.2. The van der Waals surface area contributed by atoms with Gasteiger partial charge in [-0.25, -0.2) is 4.79 Å². The Labute approximate surface area is 222 Å². The fraction of sp³-hybridized carbons (Fsp3) is 0.138. The summed E-state index contributed by atoms with van der Waals surface area (Å²) in [4.78, 5) is 36.7. The van der Waals surface area contributed by atoms with Gasteiger partial charge < -0.3 is 24.1 Å². The Morgan fingerprint density at radius 2 is 1.66 bits per heavy atom. The molecule has 0 fully saturated rings. The summed E-state index contributed by atoms with van der Waals surface area (Å²) in [7, 11) is 4.34. The van der Waals surface area contributed by atoms with Crippen LogP contribution in [0.1, 0.15) is 26.3 Å². The number of rotatable bonds is 11. The molecule has 0 saturated heterocycles. The highest BCUT2D eigenvalue weighted by molar-refractivity contribution is 7.22. The van der Waals surface area contributed by atoms with Crippen LogP contribution in [0.25, 0.3) is 26.6 Å². The van der Waals surface area contributed by atoms with Crippen LogP contribution in [0.4, 0.5) is 0 Å². The first-order chi connectivity index (χ1) is 18.4. The van der Waals surface area contributed by atoms with Crippen LogP contribution in [0.3, 0.4) is 0 Å². The lowest BCUT2D eigenvalue weighted by Crippen LogP contribution is -2.10. The second kappa shape index (κ2) is 11.6. The van der Waals surface area contributed by atoms with E-state index in [-0.39, 0.29) is 28.4 Å². The standard InChI is InChI=1S/C29H24O8S/c1-34-24-14-23(37-16-28(32)33)17(11-21(24)27-13-18-6-4-5-7-26(18)38-27)8-9-22(31)19-10-20(15-30)29(36-3)25(12-19)35-2/h4-15H,16H2,1-3H3,(H,32,33). The number of aliphatic carboxylic acids is 1. The number of ether oxygens (including phenoxy) is 4. The molecule has 3 aromatic carbocycles. The molecule has 9 heteroatoms.